The second-order valence-electron chi connectivity index (χ2n) is 3.15. The highest BCUT2D eigenvalue weighted by Gasteiger charge is 2.01. The Balaban J connectivity index is 3.16. The molecule has 0 N–H and O–H groups in total. The summed E-state index contributed by atoms with van der Waals surface area (Å²) in [7, 11) is 1.71. The molecule has 0 rings (SSSR count). The van der Waals surface area contributed by atoms with Gasteiger partial charge < -0.3 is 9.53 Å². The number of ether oxygens (including phenoxy) is 1. The summed E-state index contributed by atoms with van der Waals surface area (Å²) in [5.41, 5.74) is 0. The van der Waals surface area contributed by atoms with Crippen molar-refractivity contribution in [1.29, 1.82) is 0 Å². The highest BCUT2D eigenvalue weighted by atomic mass is 16.5. The van der Waals surface area contributed by atoms with Crippen LogP contribution in [0.15, 0.2) is 0 Å². The van der Waals surface area contributed by atoms with E-state index in [0.29, 0.717) is 12.3 Å². The molecule has 0 saturated carbocycles. The summed E-state index contributed by atoms with van der Waals surface area (Å²) in [6, 6.07) is 0. The normalized spacial score (nSPS) is 13.0. The maximum atomic E-state index is 10.6. The number of methoxy groups -OCH3 is 1. The highest BCUT2D eigenvalue weighted by Crippen LogP contribution is 2.07. The lowest BCUT2D eigenvalue weighted by Crippen LogP contribution is -2.04. The largest absolute Gasteiger partial charge is 0.384 e. The molecule has 2 heteroatoms. The summed E-state index contributed by atoms with van der Waals surface area (Å²) < 4.78 is 4.98. The van der Waals surface area contributed by atoms with Crippen LogP contribution in [-0.4, -0.2) is 19.5 Å². The van der Waals surface area contributed by atoms with Crippen molar-refractivity contribution in [3.05, 3.63) is 0 Å². The first-order valence-electron chi connectivity index (χ1n) is 4.15. The van der Waals surface area contributed by atoms with Gasteiger partial charge in [-0.2, -0.15) is 0 Å². The van der Waals surface area contributed by atoms with E-state index >= 15 is 0 Å². The van der Waals surface area contributed by atoms with Crippen LogP contribution in [0.25, 0.3) is 0 Å². The number of hydrogen-bond donors (Lipinski definition) is 0. The molecule has 0 aromatic carbocycles. The molecule has 0 bridgehead atoms. The summed E-state index contributed by atoms with van der Waals surface area (Å²) in [6.07, 6.45) is 2.81. The average molecular weight is 158 g/mol. The number of hydrogen-bond acceptors (Lipinski definition) is 2. The standard InChI is InChI=1S/C9H18O2/c1-8(7-11-3)5-4-6-9(2)10/h8H,4-7H2,1-3H3/t8-/m0/s1. The molecule has 0 radical (unpaired) electrons. The number of Topliss-reactive ketones (excluding diaryl/α,β-unsaturated/α-hetero) is 1. The van der Waals surface area contributed by atoms with Crippen molar-refractivity contribution in [2.45, 2.75) is 33.1 Å². The van der Waals surface area contributed by atoms with E-state index in [1.807, 2.05) is 0 Å². The number of ketones is 1. The van der Waals surface area contributed by atoms with Gasteiger partial charge in [0.2, 0.25) is 0 Å². The first kappa shape index (κ1) is 10.6. The molecule has 0 fully saturated rings. The zero-order chi connectivity index (χ0) is 8.69. The molecule has 0 amide bonds. The maximum absolute atomic E-state index is 10.6. The number of carbonyl (C=O) groups is 1. The fourth-order valence-corrected chi connectivity index (χ4v) is 1.07. The van der Waals surface area contributed by atoms with Crippen molar-refractivity contribution in [3.63, 3.8) is 0 Å². The predicted molar refractivity (Wildman–Crippen MR) is 45.6 cm³/mol. The van der Waals surface area contributed by atoms with Gasteiger partial charge in [0.15, 0.2) is 0 Å². The first-order valence-corrected chi connectivity index (χ1v) is 4.15. The minimum atomic E-state index is 0.287. The molecule has 0 aliphatic carbocycles. The molecule has 11 heavy (non-hydrogen) atoms. The Kier molecular flexibility index (Phi) is 6.13. The minimum absolute atomic E-state index is 0.287. The minimum Gasteiger partial charge on any atom is -0.384 e. The molecule has 0 aromatic rings. The second kappa shape index (κ2) is 6.35. The molecule has 0 aliphatic rings. The van der Waals surface area contributed by atoms with Crippen molar-refractivity contribution in [3.8, 4) is 0 Å². The van der Waals surface area contributed by atoms with Gasteiger partial charge in [0.05, 0.1) is 0 Å². The summed E-state index contributed by atoms with van der Waals surface area (Å²) >= 11 is 0. The van der Waals surface area contributed by atoms with Gasteiger partial charge in [-0.15, -0.1) is 0 Å². The van der Waals surface area contributed by atoms with Crippen LogP contribution in [0.4, 0.5) is 0 Å². The Hall–Kier alpha value is -0.370. The van der Waals surface area contributed by atoms with Gasteiger partial charge in [0, 0.05) is 20.1 Å². The third-order valence-electron chi connectivity index (χ3n) is 1.68. The van der Waals surface area contributed by atoms with Crippen molar-refractivity contribution in [2.24, 2.45) is 5.92 Å². The van der Waals surface area contributed by atoms with Crippen molar-refractivity contribution in [1.82, 2.24) is 0 Å². The van der Waals surface area contributed by atoms with Gasteiger partial charge in [0.25, 0.3) is 0 Å². The van der Waals surface area contributed by atoms with Crippen LogP contribution in [0.3, 0.4) is 0 Å². The molecule has 0 aliphatic heterocycles. The Morgan fingerprint density at radius 1 is 1.55 bits per heavy atom. The van der Waals surface area contributed by atoms with Gasteiger partial charge in [-0.05, 0) is 25.7 Å². The lowest BCUT2D eigenvalue weighted by molar-refractivity contribution is -0.117. The van der Waals surface area contributed by atoms with Gasteiger partial charge in [-0.3, -0.25) is 0 Å². The molecular formula is C9H18O2. The molecule has 1 atom stereocenters. The van der Waals surface area contributed by atoms with E-state index in [9.17, 15) is 4.79 Å². The summed E-state index contributed by atoms with van der Waals surface area (Å²) in [5, 5.41) is 0. The molecule has 0 saturated heterocycles. The lowest BCUT2D eigenvalue weighted by atomic mass is 10.0. The smallest absolute Gasteiger partial charge is 0.129 e. The zero-order valence-electron chi connectivity index (χ0n) is 7.72. The van der Waals surface area contributed by atoms with Crippen LogP contribution in [0.2, 0.25) is 0 Å². The maximum Gasteiger partial charge on any atom is 0.129 e. The topological polar surface area (TPSA) is 26.3 Å². The third kappa shape index (κ3) is 7.53. The third-order valence-corrected chi connectivity index (χ3v) is 1.68. The average Bonchev–Trinajstić information content (AvgIpc) is 1.87. The predicted octanol–water partition coefficient (Wildman–Crippen LogP) is 2.03. The van der Waals surface area contributed by atoms with Crippen LogP contribution in [0, 0.1) is 5.92 Å². The molecule has 0 unspecified atom stereocenters. The molecule has 2 nitrogen and oxygen atoms in total. The Labute approximate surface area is 68.9 Å². The zero-order valence-corrected chi connectivity index (χ0v) is 7.72. The van der Waals surface area contributed by atoms with Crippen LogP contribution in [-0.2, 0) is 9.53 Å². The number of rotatable bonds is 6. The Bertz CT molecular complexity index is 110. The van der Waals surface area contributed by atoms with Gasteiger partial charge in [-0.1, -0.05) is 6.92 Å². The SMILES string of the molecule is COC[C@@H](C)CCCC(C)=O. The van der Waals surface area contributed by atoms with E-state index in [2.05, 4.69) is 6.92 Å². The quantitative estimate of drug-likeness (QED) is 0.591. The summed E-state index contributed by atoms with van der Waals surface area (Å²) in [4.78, 5) is 10.6. The van der Waals surface area contributed by atoms with E-state index in [4.69, 9.17) is 4.74 Å². The fraction of sp³-hybridized carbons (Fsp3) is 0.889. The molecule has 0 aromatic heterocycles. The van der Waals surface area contributed by atoms with E-state index in [1.54, 1.807) is 14.0 Å². The van der Waals surface area contributed by atoms with Gasteiger partial charge in [-0.25, -0.2) is 0 Å². The Morgan fingerprint density at radius 2 is 2.18 bits per heavy atom. The molecular weight excluding hydrogens is 140 g/mol. The van der Waals surface area contributed by atoms with E-state index in [1.165, 1.54) is 0 Å². The van der Waals surface area contributed by atoms with E-state index in [0.717, 1.165) is 19.4 Å². The molecule has 0 spiro atoms. The fourth-order valence-electron chi connectivity index (χ4n) is 1.07. The summed E-state index contributed by atoms with van der Waals surface area (Å²) in [6.45, 7) is 4.59. The van der Waals surface area contributed by atoms with Crippen molar-refractivity contribution in [2.75, 3.05) is 13.7 Å². The van der Waals surface area contributed by atoms with Crippen LogP contribution >= 0.6 is 0 Å². The molecule has 0 heterocycles. The van der Waals surface area contributed by atoms with Crippen molar-refractivity contribution >= 4 is 5.78 Å². The monoisotopic (exact) mass is 158 g/mol. The lowest BCUT2D eigenvalue weighted by Gasteiger charge is -2.07. The van der Waals surface area contributed by atoms with Crippen molar-refractivity contribution < 1.29 is 9.53 Å². The van der Waals surface area contributed by atoms with Gasteiger partial charge >= 0.3 is 0 Å². The Morgan fingerprint density at radius 3 is 2.64 bits per heavy atom. The van der Waals surface area contributed by atoms with Crippen LogP contribution in [0.5, 0.6) is 0 Å². The number of carbonyl (C=O) groups excluding carboxylic acids is 1. The van der Waals surface area contributed by atoms with E-state index < -0.39 is 0 Å². The second-order valence-corrected chi connectivity index (χ2v) is 3.15. The van der Waals surface area contributed by atoms with Gasteiger partial charge in [0.1, 0.15) is 5.78 Å². The molecule has 66 valence electrons. The van der Waals surface area contributed by atoms with E-state index in [-0.39, 0.29) is 5.78 Å². The first-order chi connectivity index (χ1) is 5.16. The highest BCUT2D eigenvalue weighted by molar-refractivity contribution is 5.75. The van der Waals surface area contributed by atoms with Crippen LogP contribution < -0.4 is 0 Å². The summed E-state index contributed by atoms with van der Waals surface area (Å²) in [5.74, 6) is 0.869. The van der Waals surface area contributed by atoms with Crippen LogP contribution in [0.1, 0.15) is 33.1 Å².